The molecule has 0 aliphatic carbocycles. The zero-order valence-corrected chi connectivity index (χ0v) is 14.3. The lowest BCUT2D eigenvalue weighted by Crippen LogP contribution is -2.46. The van der Waals surface area contributed by atoms with Crippen molar-refractivity contribution in [1.82, 2.24) is 15.3 Å². The molecule has 2 aliphatic heterocycles. The van der Waals surface area contributed by atoms with Gasteiger partial charge in [0.25, 0.3) is 0 Å². The van der Waals surface area contributed by atoms with Gasteiger partial charge in [0.15, 0.2) is 0 Å². The van der Waals surface area contributed by atoms with E-state index < -0.39 is 12.0 Å². The van der Waals surface area contributed by atoms with E-state index in [4.69, 9.17) is 4.42 Å². The van der Waals surface area contributed by atoms with Crippen LogP contribution in [-0.4, -0.2) is 33.8 Å². The monoisotopic (exact) mass is 339 g/mol. The van der Waals surface area contributed by atoms with E-state index in [0.29, 0.717) is 12.3 Å². The van der Waals surface area contributed by atoms with Crippen LogP contribution in [0.4, 0.5) is 0 Å². The van der Waals surface area contributed by atoms with Crippen LogP contribution in [0.15, 0.2) is 53.1 Å². The highest BCUT2D eigenvalue weighted by Crippen LogP contribution is 2.41. The van der Waals surface area contributed by atoms with Crippen LogP contribution in [0.25, 0.3) is 0 Å². The Labute approximate surface area is 146 Å². The number of fused-ring (bicyclic) bond motifs is 1. The molecular weight excluding hydrogens is 318 g/mol. The van der Waals surface area contributed by atoms with Gasteiger partial charge in [-0.25, -0.2) is 10.4 Å². The lowest BCUT2D eigenvalue weighted by Gasteiger charge is -2.26. The summed E-state index contributed by atoms with van der Waals surface area (Å²) in [5.41, 5.74) is 4.42. The quantitative estimate of drug-likeness (QED) is 0.864. The molecule has 2 fully saturated rings. The highest BCUT2D eigenvalue weighted by molar-refractivity contribution is 6.08. The molecule has 0 bridgehead atoms. The van der Waals surface area contributed by atoms with Gasteiger partial charge < -0.3 is 4.42 Å². The first-order valence-electron chi connectivity index (χ1n) is 8.55. The first-order valence-corrected chi connectivity index (χ1v) is 8.55. The first-order chi connectivity index (χ1) is 12.1. The molecule has 130 valence electrons. The lowest BCUT2D eigenvalue weighted by molar-refractivity contribution is -0.143. The normalized spacial score (nSPS) is 26.7. The minimum atomic E-state index is -0.509. The summed E-state index contributed by atoms with van der Waals surface area (Å²) in [6, 6.07) is 12.6. The van der Waals surface area contributed by atoms with Gasteiger partial charge in [-0.05, 0) is 31.5 Å². The van der Waals surface area contributed by atoms with Gasteiger partial charge in [-0.15, -0.1) is 0 Å². The number of carbonyl (C=O) groups excluding carboxylic acids is 2. The van der Waals surface area contributed by atoms with Crippen molar-refractivity contribution in [3.8, 4) is 0 Å². The Bertz CT molecular complexity index is 772. The van der Waals surface area contributed by atoms with Crippen LogP contribution in [0.2, 0.25) is 0 Å². The van der Waals surface area contributed by atoms with Crippen LogP contribution in [0.1, 0.15) is 31.2 Å². The number of rotatable bonds is 4. The maximum Gasteiger partial charge on any atom is 0.249 e. The molecule has 2 aliphatic rings. The van der Waals surface area contributed by atoms with Crippen molar-refractivity contribution in [3.05, 3.63) is 60.1 Å². The van der Waals surface area contributed by atoms with Crippen molar-refractivity contribution in [1.29, 1.82) is 0 Å². The number of furan rings is 1. The summed E-state index contributed by atoms with van der Waals surface area (Å²) in [6.45, 7) is 4.28. The average Bonchev–Trinajstić information content (AvgIpc) is 3.27. The maximum atomic E-state index is 12.9. The number of hydrogen-bond donors (Lipinski definition) is 1. The summed E-state index contributed by atoms with van der Waals surface area (Å²) in [4.78, 5) is 27.3. The molecule has 4 rings (SSSR count). The van der Waals surface area contributed by atoms with Crippen LogP contribution in [0.3, 0.4) is 0 Å². The van der Waals surface area contributed by atoms with Crippen molar-refractivity contribution < 1.29 is 14.0 Å². The van der Waals surface area contributed by atoms with E-state index in [1.54, 1.807) is 12.3 Å². The Kier molecular flexibility index (Phi) is 3.94. The van der Waals surface area contributed by atoms with Gasteiger partial charge in [0, 0.05) is 12.6 Å². The molecule has 6 nitrogen and oxygen atoms in total. The number of amides is 2. The Hall–Kier alpha value is -2.44. The Morgan fingerprint density at radius 1 is 1.08 bits per heavy atom. The number of imide groups is 1. The fourth-order valence-electron chi connectivity index (χ4n) is 3.83. The third-order valence-corrected chi connectivity index (χ3v) is 4.91. The van der Waals surface area contributed by atoms with Crippen LogP contribution >= 0.6 is 0 Å². The van der Waals surface area contributed by atoms with Gasteiger partial charge in [-0.1, -0.05) is 30.3 Å². The average molecular weight is 339 g/mol. The smallest absolute Gasteiger partial charge is 0.249 e. The molecule has 2 aromatic rings. The minimum Gasteiger partial charge on any atom is -0.468 e. The number of hydrazine groups is 1. The number of benzene rings is 1. The fraction of sp³-hybridized carbons (Fsp3) is 0.368. The minimum absolute atomic E-state index is 0.130. The Morgan fingerprint density at radius 3 is 2.48 bits per heavy atom. The highest BCUT2D eigenvalue weighted by atomic mass is 16.3. The van der Waals surface area contributed by atoms with Gasteiger partial charge in [0.05, 0.1) is 18.2 Å². The summed E-state index contributed by atoms with van der Waals surface area (Å²) >= 11 is 0. The summed E-state index contributed by atoms with van der Waals surface area (Å²) in [5.74, 6) is -0.0565. The van der Waals surface area contributed by atoms with Gasteiger partial charge in [0.2, 0.25) is 11.8 Å². The maximum absolute atomic E-state index is 12.9. The first kappa shape index (κ1) is 16.1. The van der Waals surface area contributed by atoms with E-state index in [-0.39, 0.29) is 23.9 Å². The summed E-state index contributed by atoms with van der Waals surface area (Å²) in [5, 5.41) is 1.88. The van der Waals surface area contributed by atoms with Gasteiger partial charge >= 0.3 is 0 Å². The molecule has 1 N–H and O–H groups in total. The lowest BCUT2D eigenvalue weighted by atomic mass is 9.94. The molecule has 6 heteroatoms. The standard InChI is InChI=1S/C19H21N3O3/c1-12(2)22-18(23)15-16(14-9-6-10-25-14)20-21(17(15)19(22)24)11-13-7-4-3-5-8-13/h3-10,12,15-17,20H,11H2,1-2H3/t15-,16+,17-/m1/s1. The van der Waals surface area contributed by atoms with E-state index in [2.05, 4.69) is 5.43 Å². The number of hydrogen-bond acceptors (Lipinski definition) is 5. The summed E-state index contributed by atoms with van der Waals surface area (Å²) in [7, 11) is 0. The van der Waals surface area contributed by atoms with Crippen molar-refractivity contribution >= 4 is 11.8 Å². The summed E-state index contributed by atoms with van der Waals surface area (Å²) < 4.78 is 5.53. The third kappa shape index (κ3) is 2.58. The molecule has 0 saturated carbocycles. The second kappa shape index (κ2) is 6.13. The number of carbonyl (C=O) groups is 2. The molecule has 3 atom stereocenters. The fourth-order valence-corrected chi connectivity index (χ4v) is 3.83. The highest BCUT2D eigenvalue weighted by Gasteiger charge is 2.59. The number of likely N-dealkylation sites (tertiary alicyclic amines) is 1. The molecule has 2 amide bonds. The molecule has 2 saturated heterocycles. The Balaban J connectivity index is 1.69. The predicted octanol–water partition coefficient (Wildman–Crippen LogP) is 2.10. The largest absolute Gasteiger partial charge is 0.468 e. The number of nitrogens with zero attached hydrogens (tertiary/aromatic N) is 2. The molecule has 3 heterocycles. The van der Waals surface area contributed by atoms with Crippen LogP contribution < -0.4 is 5.43 Å². The summed E-state index contributed by atoms with van der Waals surface area (Å²) in [6.07, 6.45) is 1.59. The second-order valence-electron chi connectivity index (χ2n) is 6.85. The van der Waals surface area contributed by atoms with E-state index >= 15 is 0 Å². The van der Waals surface area contributed by atoms with E-state index in [1.165, 1.54) is 4.90 Å². The predicted molar refractivity (Wildman–Crippen MR) is 90.8 cm³/mol. The van der Waals surface area contributed by atoms with Crippen LogP contribution in [0.5, 0.6) is 0 Å². The molecule has 0 spiro atoms. The molecular formula is C19H21N3O3. The van der Waals surface area contributed by atoms with Gasteiger partial charge in [0.1, 0.15) is 11.8 Å². The van der Waals surface area contributed by atoms with Crippen molar-refractivity contribution in [2.45, 2.75) is 38.5 Å². The zero-order chi connectivity index (χ0) is 17.6. The van der Waals surface area contributed by atoms with E-state index in [9.17, 15) is 9.59 Å². The van der Waals surface area contributed by atoms with Crippen molar-refractivity contribution in [3.63, 3.8) is 0 Å². The van der Waals surface area contributed by atoms with Crippen molar-refractivity contribution in [2.24, 2.45) is 5.92 Å². The van der Waals surface area contributed by atoms with Crippen LogP contribution in [-0.2, 0) is 16.1 Å². The third-order valence-electron chi connectivity index (χ3n) is 4.91. The molecule has 25 heavy (non-hydrogen) atoms. The van der Waals surface area contributed by atoms with Gasteiger partial charge in [-0.2, -0.15) is 0 Å². The molecule has 1 aromatic carbocycles. The van der Waals surface area contributed by atoms with E-state index in [0.717, 1.165) is 5.56 Å². The van der Waals surface area contributed by atoms with Crippen molar-refractivity contribution in [2.75, 3.05) is 0 Å². The second-order valence-corrected chi connectivity index (χ2v) is 6.85. The molecule has 0 radical (unpaired) electrons. The van der Waals surface area contributed by atoms with E-state index in [1.807, 2.05) is 55.3 Å². The van der Waals surface area contributed by atoms with Crippen LogP contribution in [0, 0.1) is 5.92 Å². The Morgan fingerprint density at radius 2 is 1.84 bits per heavy atom. The topological polar surface area (TPSA) is 65.8 Å². The molecule has 1 aromatic heterocycles. The number of nitrogens with one attached hydrogen (secondary N) is 1. The molecule has 0 unspecified atom stereocenters. The van der Waals surface area contributed by atoms with Gasteiger partial charge in [-0.3, -0.25) is 14.5 Å². The SMILES string of the molecule is CC(C)N1C(=O)[C@@H]2[C@H](c3ccco3)NN(Cc3ccccc3)[C@H]2C1=O. The zero-order valence-electron chi connectivity index (χ0n) is 14.3.